The summed E-state index contributed by atoms with van der Waals surface area (Å²) in [6.45, 7) is 7.87. The molecule has 0 aliphatic carbocycles. The van der Waals surface area contributed by atoms with Crippen molar-refractivity contribution in [3.05, 3.63) is 30.0 Å². The lowest BCUT2D eigenvalue weighted by molar-refractivity contribution is 0.0527. The second-order valence-electron chi connectivity index (χ2n) is 4.80. The smallest absolute Gasteiger partial charge is 0.341 e. The number of hydrogen-bond acceptors (Lipinski definition) is 5. The Hall–Kier alpha value is -2.30. The van der Waals surface area contributed by atoms with Gasteiger partial charge in [0.1, 0.15) is 11.3 Å². The number of carbonyl (C=O) groups excluding carboxylic acids is 1. The number of pyridine rings is 1. The molecule has 0 amide bonds. The van der Waals surface area contributed by atoms with Gasteiger partial charge in [0.05, 0.1) is 24.9 Å². The number of aromatic nitrogens is 1. The van der Waals surface area contributed by atoms with Gasteiger partial charge in [-0.15, -0.1) is 0 Å². The fourth-order valence-corrected chi connectivity index (χ4v) is 2.52. The van der Waals surface area contributed by atoms with Crippen molar-refractivity contribution in [3.63, 3.8) is 0 Å². The molecule has 0 saturated heterocycles. The van der Waals surface area contributed by atoms with Crippen LogP contribution in [0.1, 0.15) is 31.1 Å². The lowest BCUT2D eigenvalue weighted by atomic mass is 10.1. The Balaban J connectivity index is 2.69. The van der Waals surface area contributed by atoms with Crippen LogP contribution in [0.2, 0.25) is 0 Å². The quantitative estimate of drug-likeness (QED) is 0.767. The van der Waals surface area contributed by atoms with Crippen LogP contribution in [-0.4, -0.2) is 37.8 Å². The van der Waals surface area contributed by atoms with E-state index in [2.05, 4.69) is 23.7 Å². The van der Waals surface area contributed by atoms with Crippen molar-refractivity contribution in [2.45, 2.75) is 20.8 Å². The van der Waals surface area contributed by atoms with Crippen LogP contribution >= 0.6 is 0 Å². The van der Waals surface area contributed by atoms with Gasteiger partial charge in [0.15, 0.2) is 0 Å². The number of benzene rings is 1. The molecule has 5 heteroatoms. The van der Waals surface area contributed by atoms with Crippen molar-refractivity contribution in [3.8, 4) is 5.75 Å². The Morgan fingerprint density at radius 3 is 2.55 bits per heavy atom. The molecule has 1 aromatic heterocycles. The molecule has 0 aliphatic rings. The first-order valence-corrected chi connectivity index (χ1v) is 7.55. The van der Waals surface area contributed by atoms with E-state index in [0.717, 1.165) is 35.4 Å². The molecule has 0 saturated carbocycles. The van der Waals surface area contributed by atoms with Gasteiger partial charge in [-0.25, -0.2) is 4.79 Å². The lowest BCUT2D eigenvalue weighted by Crippen LogP contribution is -2.25. The first kappa shape index (κ1) is 16.1. The average Bonchev–Trinajstić information content (AvgIpc) is 2.55. The third-order valence-corrected chi connectivity index (χ3v) is 3.62. The van der Waals surface area contributed by atoms with Crippen molar-refractivity contribution in [1.82, 2.24) is 4.98 Å². The summed E-state index contributed by atoms with van der Waals surface area (Å²) in [5.74, 6) is 0.406. The number of methoxy groups -OCH3 is 1. The van der Waals surface area contributed by atoms with Crippen LogP contribution in [0, 0.1) is 0 Å². The highest BCUT2D eigenvalue weighted by Gasteiger charge is 2.20. The molecule has 22 heavy (non-hydrogen) atoms. The number of ether oxygens (including phenoxy) is 2. The van der Waals surface area contributed by atoms with Crippen molar-refractivity contribution in [2.75, 3.05) is 31.7 Å². The molecule has 0 atom stereocenters. The van der Waals surface area contributed by atoms with Crippen molar-refractivity contribution < 1.29 is 14.3 Å². The van der Waals surface area contributed by atoms with E-state index in [1.165, 1.54) is 0 Å². The zero-order valence-electron chi connectivity index (χ0n) is 13.5. The Bertz CT molecular complexity index is 666. The lowest BCUT2D eigenvalue weighted by Gasteiger charge is -2.25. The Morgan fingerprint density at radius 2 is 1.95 bits per heavy atom. The molecule has 118 valence electrons. The molecule has 0 radical (unpaired) electrons. The largest absolute Gasteiger partial charge is 0.497 e. The number of esters is 1. The Labute approximate surface area is 130 Å². The second-order valence-corrected chi connectivity index (χ2v) is 4.80. The maximum absolute atomic E-state index is 12.3. The molecule has 2 aromatic rings. The van der Waals surface area contributed by atoms with Gasteiger partial charge in [-0.2, -0.15) is 0 Å². The molecule has 1 aromatic carbocycles. The van der Waals surface area contributed by atoms with Gasteiger partial charge < -0.3 is 14.4 Å². The number of carbonyl (C=O) groups is 1. The summed E-state index contributed by atoms with van der Waals surface area (Å²) in [5, 5.41) is 0.926. The van der Waals surface area contributed by atoms with Crippen molar-refractivity contribution in [1.29, 1.82) is 0 Å². The van der Waals surface area contributed by atoms with Crippen LogP contribution in [0.3, 0.4) is 0 Å². The summed E-state index contributed by atoms with van der Waals surface area (Å²) in [6.07, 6.45) is 1.59. The van der Waals surface area contributed by atoms with Gasteiger partial charge in [0.25, 0.3) is 0 Å². The zero-order chi connectivity index (χ0) is 16.1. The molecule has 0 aliphatic heterocycles. The minimum atomic E-state index is -0.338. The van der Waals surface area contributed by atoms with Crippen LogP contribution in [0.25, 0.3) is 10.9 Å². The molecule has 1 heterocycles. The predicted octanol–water partition coefficient (Wildman–Crippen LogP) is 3.27. The van der Waals surface area contributed by atoms with E-state index in [-0.39, 0.29) is 5.97 Å². The summed E-state index contributed by atoms with van der Waals surface area (Å²) in [5.41, 5.74) is 2.17. The monoisotopic (exact) mass is 302 g/mol. The molecule has 0 N–H and O–H groups in total. The fourth-order valence-electron chi connectivity index (χ4n) is 2.52. The summed E-state index contributed by atoms with van der Waals surface area (Å²) < 4.78 is 10.4. The normalized spacial score (nSPS) is 10.5. The third kappa shape index (κ3) is 2.98. The number of nitrogens with zero attached hydrogens (tertiary/aromatic N) is 2. The van der Waals surface area contributed by atoms with Crippen LogP contribution < -0.4 is 9.64 Å². The molecule has 0 unspecified atom stereocenters. The van der Waals surface area contributed by atoms with Gasteiger partial charge in [-0.3, -0.25) is 4.98 Å². The minimum absolute atomic E-state index is 0.338. The average molecular weight is 302 g/mol. The Morgan fingerprint density at radius 1 is 1.23 bits per heavy atom. The van der Waals surface area contributed by atoms with Gasteiger partial charge >= 0.3 is 5.97 Å². The van der Waals surface area contributed by atoms with Crippen LogP contribution in [0.15, 0.2) is 24.4 Å². The van der Waals surface area contributed by atoms with E-state index in [1.807, 2.05) is 18.2 Å². The Kier molecular flexibility index (Phi) is 5.20. The fraction of sp³-hybridized carbons (Fsp3) is 0.412. The van der Waals surface area contributed by atoms with E-state index < -0.39 is 0 Å². The zero-order valence-corrected chi connectivity index (χ0v) is 13.5. The predicted molar refractivity (Wildman–Crippen MR) is 87.8 cm³/mol. The summed E-state index contributed by atoms with van der Waals surface area (Å²) >= 11 is 0. The topological polar surface area (TPSA) is 51.7 Å². The molecule has 0 spiro atoms. The van der Waals surface area contributed by atoms with E-state index in [9.17, 15) is 4.79 Å². The maximum Gasteiger partial charge on any atom is 0.341 e. The van der Waals surface area contributed by atoms with Gasteiger partial charge in [0, 0.05) is 30.7 Å². The molecule has 5 nitrogen and oxygen atoms in total. The van der Waals surface area contributed by atoms with Gasteiger partial charge in [-0.05, 0) is 32.9 Å². The summed E-state index contributed by atoms with van der Waals surface area (Å²) in [4.78, 5) is 18.8. The maximum atomic E-state index is 12.3. The van der Waals surface area contributed by atoms with E-state index in [4.69, 9.17) is 9.47 Å². The second kappa shape index (κ2) is 7.11. The molecule has 0 fully saturated rings. The van der Waals surface area contributed by atoms with E-state index in [0.29, 0.717) is 12.2 Å². The molecule has 0 bridgehead atoms. The van der Waals surface area contributed by atoms with Crippen LogP contribution in [0.4, 0.5) is 5.69 Å². The van der Waals surface area contributed by atoms with Gasteiger partial charge in [-0.1, -0.05) is 0 Å². The van der Waals surface area contributed by atoms with Crippen molar-refractivity contribution in [2.24, 2.45) is 0 Å². The highest BCUT2D eigenvalue weighted by atomic mass is 16.5. The first-order valence-electron chi connectivity index (χ1n) is 7.55. The van der Waals surface area contributed by atoms with Crippen LogP contribution in [-0.2, 0) is 4.74 Å². The standard InChI is InChI=1S/C17H22N2O3/c1-5-19(6-2)16-13-9-8-12(21-4)10-15(13)18-11-14(16)17(20)22-7-3/h8-11H,5-7H2,1-4H3. The number of anilines is 1. The number of fused-ring (bicyclic) bond motifs is 1. The highest BCUT2D eigenvalue weighted by Crippen LogP contribution is 2.32. The minimum Gasteiger partial charge on any atom is -0.497 e. The van der Waals surface area contributed by atoms with Gasteiger partial charge in [0.2, 0.25) is 0 Å². The number of rotatable bonds is 6. The van der Waals surface area contributed by atoms with E-state index in [1.54, 1.807) is 20.2 Å². The molecule has 2 rings (SSSR count). The highest BCUT2D eigenvalue weighted by molar-refractivity contribution is 6.05. The third-order valence-electron chi connectivity index (χ3n) is 3.62. The summed E-state index contributed by atoms with van der Waals surface area (Å²) in [7, 11) is 1.62. The number of hydrogen-bond donors (Lipinski definition) is 0. The SMILES string of the molecule is CCOC(=O)c1cnc2cc(OC)ccc2c1N(CC)CC. The molecular formula is C17H22N2O3. The van der Waals surface area contributed by atoms with Crippen LogP contribution in [0.5, 0.6) is 5.75 Å². The van der Waals surface area contributed by atoms with Crippen molar-refractivity contribution >= 4 is 22.6 Å². The van der Waals surface area contributed by atoms with E-state index >= 15 is 0 Å². The molecular weight excluding hydrogens is 280 g/mol. The first-order chi connectivity index (χ1) is 10.7. The summed E-state index contributed by atoms with van der Waals surface area (Å²) in [6, 6.07) is 5.70.